The van der Waals surface area contributed by atoms with Crippen molar-refractivity contribution in [1.82, 2.24) is 0 Å². The molecule has 2 aliphatic rings. The summed E-state index contributed by atoms with van der Waals surface area (Å²) >= 11 is 0. The Kier molecular flexibility index (Phi) is 3.98. The fourth-order valence-electron chi connectivity index (χ4n) is 2.12. The largest absolute Gasteiger partial charge is 0.507 e. The first kappa shape index (κ1) is 16.3. The molecule has 0 amide bonds. The van der Waals surface area contributed by atoms with Crippen LogP contribution in [0.15, 0.2) is 39.5 Å². The lowest BCUT2D eigenvalue weighted by atomic mass is 10.1. The second kappa shape index (κ2) is 5.62. The number of rotatable bonds is 1. The topological polar surface area (TPSA) is 131 Å². The van der Waals surface area contributed by atoms with Gasteiger partial charge in [-0.15, -0.1) is 12.4 Å². The van der Waals surface area contributed by atoms with E-state index in [-0.39, 0.29) is 46.6 Å². The molecule has 1 aromatic rings. The van der Waals surface area contributed by atoms with Crippen molar-refractivity contribution in [3.05, 3.63) is 40.6 Å². The van der Waals surface area contributed by atoms with E-state index in [1.165, 1.54) is 6.07 Å². The van der Waals surface area contributed by atoms with E-state index >= 15 is 0 Å². The molecule has 7 nitrogen and oxygen atoms in total. The summed E-state index contributed by atoms with van der Waals surface area (Å²) in [4.78, 5) is 11.4. The molecule has 23 heavy (non-hydrogen) atoms. The van der Waals surface area contributed by atoms with Crippen LogP contribution in [0.25, 0.3) is 22.6 Å². The fraction of sp³-hybridized carbons (Fsp3) is 0. The van der Waals surface area contributed by atoms with Crippen LogP contribution in [0.5, 0.6) is 28.7 Å². The highest BCUT2D eigenvalue weighted by atomic mass is 35.5. The highest BCUT2D eigenvalue weighted by Gasteiger charge is 2.19. The number of benzene rings is 2. The maximum atomic E-state index is 11.4. The summed E-state index contributed by atoms with van der Waals surface area (Å²) < 4.78 is 5.38. The number of halogens is 1. The van der Waals surface area contributed by atoms with Crippen LogP contribution in [-0.4, -0.2) is 25.5 Å². The lowest BCUT2D eigenvalue weighted by Gasteiger charge is -2.12. The van der Waals surface area contributed by atoms with Gasteiger partial charge in [-0.05, 0) is 18.2 Å². The van der Waals surface area contributed by atoms with Crippen molar-refractivity contribution >= 4 is 12.4 Å². The number of phenolic OH excluding ortho intramolecular Hbond substituents is 4. The molecule has 0 atom stereocenters. The normalized spacial score (nSPS) is 10.4. The van der Waals surface area contributed by atoms with Crippen molar-refractivity contribution < 1.29 is 29.9 Å². The second-order valence-electron chi connectivity index (χ2n) is 4.68. The standard InChI is InChI=1S/C15H10O7.ClH/c16-7-3-9(17)8-5-12(20)15(22-13(8)4-7)6-1-10(18)14(21)11(19)2-6;/h1-5,17-21H;1H. The van der Waals surface area contributed by atoms with Crippen LogP contribution in [0.2, 0.25) is 0 Å². The van der Waals surface area contributed by atoms with E-state index in [0.717, 1.165) is 24.3 Å². The molecule has 1 heterocycles. The van der Waals surface area contributed by atoms with Crippen molar-refractivity contribution in [2.24, 2.45) is 0 Å². The van der Waals surface area contributed by atoms with Gasteiger partial charge >= 0.3 is 0 Å². The van der Waals surface area contributed by atoms with Crippen LogP contribution in [0.3, 0.4) is 0 Å². The van der Waals surface area contributed by atoms with Crippen molar-refractivity contribution in [3.8, 4) is 51.4 Å². The Hall–Kier alpha value is -3.06. The summed E-state index contributed by atoms with van der Waals surface area (Å²) in [5.74, 6) is -2.78. The van der Waals surface area contributed by atoms with E-state index in [0.29, 0.717) is 0 Å². The fourth-order valence-corrected chi connectivity index (χ4v) is 2.12. The molecule has 8 heteroatoms. The average molecular weight is 339 g/mol. The quantitative estimate of drug-likeness (QED) is 0.430. The van der Waals surface area contributed by atoms with Gasteiger partial charge < -0.3 is 29.9 Å². The monoisotopic (exact) mass is 338 g/mol. The van der Waals surface area contributed by atoms with Gasteiger partial charge in [-0.2, -0.15) is 0 Å². The number of fused-ring (bicyclic) bond motifs is 1. The lowest BCUT2D eigenvalue weighted by Crippen LogP contribution is -1.99. The molecule has 1 aromatic carbocycles. The first-order valence-electron chi connectivity index (χ1n) is 6.12. The molecule has 0 bridgehead atoms. The van der Waals surface area contributed by atoms with E-state index in [1.807, 2.05) is 0 Å². The minimum absolute atomic E-state index is 0. The van der Waals surface area contributed by atoms with Gasteiger partial charge in [0, 0.05) is 17.7 Å². The molecule has 0 unspecified atom stereocenters. The lowest BCUT2D eigenvalue weighted by molar-refractivity contribution is 0.368. The molecule has 0 aromatic heterocycles. The minimum Gasteiger partial charge on any atom is -0.507 e. The third-order valence-corrected chi connectivity index (χ3v) is 3.15. The first-order valence-corrected chi connectivity index (χ1v) is 6.12. The summed E-state index contributed by atoms with van der Waals surface area (Å²) in [5, 5.41) is 48.0. The highest BCUT2D eigenvalue weighted by molar-refractivity contribution is 5.85. The Morgan fingerprint density at radius 1 is 0.739 bits per heavy atom. The zero-order valence-electron chi connectivity index (χ0n) is 11.3. The smallest absolute Gasteiger partial charge is 0.200 e. The summed E-state index contributed by atoms with van der Waals surface area (Å²) in [7, 11) is 0. The summed E-state index contributed by atoms with van der Waals surface area (Å²) in [6.07, 6.45) is 0. The van der Waals surface area contributed by atoms with Crippen LogP contribution in [-0.2, 0) is 0 Å². The Labute approximate surface area is 135 Å². The Bertz CT molecular complexity index is 893. The molecule has 1 aliphatic carbocycles. The maximum absolute atomic E-state index is 11.4. The molecule has 0 radical (unpaired) electrons. The molecule has 5 N–H and O–H groups in total. The number of phenols is 4. The minimum atomic E-state index is -0.705. The van der Waals surface area contributed by atoms with E-state index in [9.17, 15) is 30.3 Å². The van der Waals surface area contributed by atoms with E-state index in [1.54, 1.807) is 0 Å². The van der Waals surface area contributed by atoms with Crippen molar-refractivity contribution in [2.75, 3.05) is 0 Å². The van der Waals surface area contributed by atoms with Crippen LogP contribution in [0, 0.1) is 0 Å². The van der Waals surface area contributed by atoms with Gasteiger partial charge in [0.15, 0.2) is 34.2 Å². The van der Waals surface area contributed by atoms with Crippen molar-refractivity contribution in [1.29, 1.82) is 0 Å². The molecular weight excluding hydrogens is 328 g/mol. The van der Waals surface area contributed by atoms with Gasteiger partial charge in [-0.1, -0.05) is 0 Å². The second-order valence-corrected chi connectivity index (χ2v) is 4.68. The molecule has 0 saturated carbocycles. The Morgan fingerprint density at radius 2 is 1.35 bits per heavy atom. The molecule has 0 spiro atoms. The maximum Gasteiger partial charge on any atom is 0.200 e. The summed E-state index contributed by atoms with van der Waals surface area (Å²) in [5.41, 5.74) is -0.280. The zero-order chi connectivity index (χ0) is 16.0. The van der Waals surface area contributed by atoms with Crippen molar-refractivity contribution in [2.45, 2.75) is 0 Å². The van der Waals surface area contributed by atoms with Gasteiger partial charge in [0.1, 0.15) is 11.5 Å². The average Bonchev–Trinajstić information content (AvgIpc) is 2.44. The van der Waals surface area contributed by atoms with Gasteiger partial charge in [-0.3, -0.25) is 4.79 Å². The van der Waals surface area contributed by atoms with Gasteiger partial charge in [-0.25, -0.2) is 0 Å². The predicted octanol–water partition coefficient (Wildman–Crippen LogP) is 2.36. The Morgan fingerprint density at radius 3 is 1.96 bits per heavy atom. The molecule has 0 fully saturated rings. The van der Waals surface area contributed by atoms with Gasteiger partial charge in [0.25, 0.3) is 0 Å². The van der Waals surface area contributed by atoms with E-state index < -0.39 is 22.7 Å². The molecular formula is C15H11ClO7. The first-order chi connectivity index (χ1) is 10.4. The van der Waals surface area contributed by atoms with Crippen LogP contribution < -0.4 is 5.43 Å². The predicted molar refractivity (Wildman–Crippen MR) is 82.6 cm³/mol. The van der Waals surface area contributed by atoms with Gasteiger partial charge in [0.2, 0.25) is 0 Å². The summed E-state index contributed by atoms with van der Waals surface area (Å²) in [6.45, 7) is 0. The number of aromatic hydroxyl groups is 5. The third kappa shape index (κ3) is 2.69. The van der Waals surface area contributed by atoms with Gasteiger partial charge in [0.05, 0.1) is 5.56 Å². The van der Waals surface area contributed by atoms with Crippen LogP contribution >= 0.6 is 12.4 Å². The zero-order valence-corrected chi connectivity index (χ0v) is 12.2. The number of hydrogen-bond acceptors (Lipinski definition) is 7. The van der Waals surface area contributed by atoms with E-state index in [4.69, 9.17) is 4.42 Å². The van der Waals surface area contributed by atoms with Crippen LogP contribution in [0.4, 0.5) is 0 Å². The van der Waals surface area contributed by atoms with Crippen molar-refractivity contribution in [3.63, 3.8) is 0 Å². The SMILES string of the molecule is Cl.O=c1cc2oc(-c3cc(O)c(O)c(O)c3)c(O)cc-2c(O)c1. The van der Waals surface area contributed by atoms with E-state index in [2.05, 4.69) is 0 Å². The molecule has 0 saturated heterocycles. The summed E-state index contributed by atoms with van der Waals surface area (Å²) in [6, 6.07) is 5.43. The third-order valence-electron chi connectivity index (χ3n) is 3.15. The molecule has 120 valence electrons. The van der Waals surface area contributed by atoms with Crippen LogP contribution in [0.1, 0.15) is 0 Å². The highest BCUT2D eigenvalue weighted by Crippen LogP contribution is 2.44. The molecule has 3 rings (SSSR count). The Balaban J connectivity index is 0.00000192. The number of hydrogen-bond donors (Lipinski definition) is 5. The molecule has 1 aliphatic heterocycles.